The summed E-state index contributed by atoms with van der Waals surface area (Å²) in [6, 6.07) is 8.47. The van der Waals surface area contributed by atoms with Crippen LogP contribution in [0, 0.1) is 0 Å². The molecule has 1 saturated heterocycles. The molecule has 1 amide bonds. The van der Waals surface area contributed by atoms with Gasteiger partial charge in [0.15, 0.2) is 6.61 Å². The first kappa shape index (κ1) is 16.6. The maximum absolute atomic E-state index is 11.8. The highest BCUT2D eigenvalue weighted by atomic mass is 32.2. The summed E-state index contributed by atoms with van der Waals surface area (Å²) in [6.45, 7) is 4.05. The minimum absolute atomic E-state index is 0.0623. The minimum atomic E-state index is -0.876. The predicted octanol–water partition coefficient (Wildman–Crippen LogP) is 1.08. The fourth-order valence-corrected chi connectivity index (χ4v) is 3.66. The van der Waals surface area contributed by atoms with E-state index in [1.54, 1.807) is 12.1 Å². The van der Waals surface area contributed by atoms with Gasteiger partial charge in [-0.15, -0.1) is 11.8 Å². The van der Waals surface area contributed by atoms with Crippen molar-refractivity contribution in [3.8, 4) is 5.75 Å². The first-order valence-electron chi connectivity index (χ1n) is 7.00. The first-order chi connectivity index (χ1) is 10.4. The first-order valence-corrected chi connectivity index (χ1v) is 7.87. The lowest BCUT2D eigenvalue weighted by Crippen LogP contribution is -2.46. The summed E-state index contributed by atoms with van der Waals surface area (Å²) in [6.07, 6.45) is 0. The molecule has 6 nitrogen and oxygen atoms in total. The molecule has 1 aromatic rings. The fourth-order valence-electron chi connectivity index (χ4n) is 2.25. The van der Waals surface area contributed by atoms with E-state index in [0.717, 1.165) is 0 Å². The van der Waals surface area contributed by atoms with Crippen LogP contribution in [0.4, 0.5) is 0 Å². The molecule has 1 aliphatic rings. The predicted molar refractivity (Wildman–Crippen MR) is 85.0 cm³/mol. The van der Waals surface area contributed by atoms with Crippen molar-refractivity contribution in [1.82, 2.24) is 10.6 Å². The molecule has 0 aliphatic carbocycles. The van der Waals surface area contributed by atoms with E-state index in [2.05, 4.69) is 10.6 Å². The Morgan fingerprint density at radius 1 is 1.36 bits per heavy atom. The van der Waals surface area contributed by atoms with Gasteiger partial charge in [0.1, 0.15) is 11.8 Å². The van der Waals surface area contributed by atoms with Crippen LogP contribution in [0.2, 0.25) is 0 Å². The molecular formula is C15H20N2O4S. The van der Waals surface area contributed by atoms with E-state index < -0.39 is 16.8 Å². The van der Waals surface area contributed by atoms with Gasteiger partial charge in [0.2, 0.25) is 0 Å². The van der Waals surface area contributed by atoms with E-state index in [4.69, 9.17) is 4.74 Å². The molecule has 0 aromatic heterocycles. The monoisotopic (exact) mass is 324 g/mol. The third-order valence-electron chi connectivity index (χ3n) is 3.34. The second-order valence-electron chi connectivity index (χ2n) is 5.55. The largest absolute Gasteiger partial charge is 0.484 e. The number of para-hydroxylation sites is 1. The van der Waals surface area contributed by atoms with Gasteiger partial charge < -0.3 is 15.2 Å². The van der Waals surface area contributed by atoms with Gasteiger partial charge in [0, 0.05) is 11.3 Å². The number of aliphatic carboxylic acids is 1. The molecule has 0 spiro atoms. The molecule has 1 aromatic carbocycles. The van der Waals surface area contributed by atoms with Gasteiger partial charge in [-0.1, -0.05) is 18.2 Å². The van der Waals surface area contributed by atoms with Crippen molar-refractivity contribution in [3.05, 3.63) is 30.3 Å². The lowest BCUT2D eigenvalue weighted by atomic mass is 10.0. The van der Waals surface area contributed by atoms with E-state index >= 15 is 0 Å². The molecule has 7 heteroatoms. The molecule has 0 unspecified atom stereocenters. The van der Waals surface area contributed by atoms with E-state index in [-0.39, 0.29) is 17.9 Å². The maximum Gasteiger partial charge on any atom is 0.322 e. The molecule has 0 radical (unpaired) electrons. The molecule has 1 aliphatic heterocycles. The summed E-state index contributed by atoms with van der Waals surface area (Å²) in [5.41, 5.74) is 0. The number of carboxylic acids is 1. The summed E-state index contributed by atoms with van der Waals surface area (Å²) in [5.74, 6) is -0.473. The number of rotatable bonds is 6. The van der Waals surface area contributed by atoms with Crippen molar-refractivity contribution >= 4 is 23.6 Å². The standard InChI is InChI=1S/C15H20N2O4S/c1-15(2)13(14(19)20)17-12(22-15)8-16-11(18)9-21-10-6-4-3-5-7-10/h3-7,12-13,17H,8-9H2,1-2H3,(H,16,18)(H,19,20)/t12-,13+/m0/s1. The summed E-state index contributed by atoms with van der Waals surface area (Å²) in [7, 11) is 0. The fraction of sp³-hybridized carbons (Fsp3) is 0.467. The molecule has 120 valence electrons. The quantitative estimate of drug-likeness (QED) is 0.726. The Morgan fingerprint density at radius 2 is 2.05 bits per heavy atom. The number of carbonyl (C=O) groups is 2. The average molecular weight is 324 g/mol. The molecule has 2 rings (SSSR count). The van der Waals surface area contributed by atoms with Gasteiger partial charge in [-0.2, -0.15) is 0 Å². The number of carbonyl (C=O) groups excluding carboxylic acids is 1. The van der Waals surface area contributed by atoms with Crippen LogP contribution in [-0.4, -0.2) is 46.3 Å². The van der Waals surface area contributed by atoms with Crippen LogP contribution in [0.3, 0.4) is 0 Å². The number of nitrogens with one attached hydrogen (secondary N) is 2. The molecule has 2 atom stereocenters. The third-order valence-corrected chi connectivity index (χ3v) is 4.77. The second-order valence-corrected chi connectivity index (χ2v) is 7.41. The Kier molecular flexibility index (Phi) is 5.31. The van der Waals surface area contributed by atoms with E-state index in [9.17, 15) is 14.7 Å². The summed E-state index contributed by atoms with van der Waals surface area (Å²) in [4.78, 5) is 22.9. The molecule has 22 heavy (non-hydrogen) atoms. The zero-order chi connectivity index (χ0) is 16.2. The van der Waals surface area contributed by atoms with Crippen molar-refractivity contribution < 1.29 is 19.4 Å². The zero-order valence-electron chi connectivity index (χ0n) is 12.5. The molecule has 1 fully saturated rings. The van der Waals surface area contributed by atoms with Crippen LogP contribution >= 0.6 is 11.8 Å². The van der Waals surface area contributed by atoms with E-state index in [1.165, 1.54) is 11.8 Å². The van der Waals surface area contributed by atoms with Crippen molar-refractivity contribution in [2.45, 2.75) is 30.0 Å². The molecule has 0 bridgehead atoms. The van der Waals surface area contributed by atoms with Crippen LogP contribution < -0.4 is 15.4 Å². The third kappa shape index (κ3) is 4.38. The average Bonchev–Trinajstić information content (AvgIpc) is 2.79. The van der Waals surface area contributed by atoms with Gasteiger partial charge in [-0.3, -0.25) is 14.9 Å². The van der Waals surface area contributed by atoms with E-state index in [0.29, 0.717) is 12.3 Å². The normalized spacial score (nSPS) is 23.0. The Balaban J connectivity index is 1.74. The second kappa shape index (κ2) is 7.02. The zero-order valence-corrected chi connectivity index (χ0v) is 13.4. The smallest absolute Gasteiger partial charge is 0.322 e. The summed E-state index contributed by atoms with van der Waals surface area (Å²) >= 11 is 1.51. The lowest BCUT2D eigenvalue weighted by molar-refractivity contribution is -0.139. The molecule has 1 heterocycles. The van der Waals surface area contributed by atoms with Gasteiger partial charge >= 0.3 is 5.97 Å². The summed E-state index contributed by atoms with van der Waals surface area (Å²) < 4.78 is 4.93. The Bertz CT molecular complexity index is 536. The Labute approximate surface area is 133 Å². The van der Waals surface area contributed by atoms with E-state index in [1.807, 2.05) is 32.0 Å². The number of hydrogen-bond acceptors (Lipinski definition) is 5. The maximum atomic E-state index is 11.8. The number of carboxylic acid groups (broad SMARTS) is 1. The Morgan fingerprint density at radius 3 is 2.64 bits per heavy atom. The van der Waals surface area contributed by atoms with Crippen molar-refractivity contribution in [2.24, 2.45) is 0 Å². The topological polar surface area (TPSA) is 87.7 Å². The number of hydrogen-bond donors (Lipinski definition) is 3. The van der Waals surface area contributed by atoms with Crippen LogP contribution in [0.25, 0.3) is 0 Å². The molecule has 3 N–H and O–H groups in total. The van der Waals surface area contributed by atoms with Crippen molar-refractivity contribution in [1.29, 1.82) is 0 Å². The Hall–Kier alpha value is -1.73. The van der Waals surface area contributed by atoms with Gasteiger partial charge in [-0.25, -0.2) is 0 Å². The van der Waals surface area contributed by atoms with Crippen molar-refractivity contribution in [3.63, 3.8) is 0 Å². The van der Waals surface area contributed by atoms with Gasteiger partial charge in [-0.05, 0) is 26.0 Å². The van der Waals surface area contributed by atoms with Gasteiger partial charge in [0.05, 0.1) is 5.37 Å². The van der Waals surface area contributed by atoms with Gasteiger partial charge in [0.25, 0.3) is 5.91 Å². The highest BCUT2D eigenvalue weighted by Crippen LogP contribution is 2.37. The van der Waals surface area contributed by atoms with Crippen molar-refractivity contribution in [2.75, 3.05) is 13.2 Å². The van der Waals surface area contributed by atoms with Crippen LogP contribution in [0.15, 0.2) is 30.3 Å². The minimum Gasteiger partial charge on any atom is -0.484 e. The van der Waals surface area contributed by atoms with Crippen LogP contribution in [0.5, 0.6) is 5.75 Å². The molecular weight excluding hydrogens is 304 g/mol. The SMILES string of the molecule is CC1(C)S[C@@H](CNC(=O)COc2ccccc2)N[C@@H]1C(=O)O. The summed E-state index contributed by atoms with van der Waals surface area (Å²) in [5, 5.41) is 14.8. The van der Waals surface area contributed by atoms with Crippen LogP contribution in [0.1, 0.15) is 13.8 Å². The number of benzene rings is 1. The number of ether oxygens (including phenoxy) is 1. The molecule has 0 saturated carbocycles. The number of thioether (sulfide) groups is 1. The highest BCUT2D eigenvalue weighted by Gasteiger charge is 2.45. The highest BCUT2D eigenvalue weighted by molar-refractivity contribution is 8.01. The van der Waals surface area contributed by atoms with Crippen LogP contribution in [-0.2, 0) is 9.59 Å². The number of amides is 1. The lowest BCUT2D eigenvalue weighted by Gasteiger charge is -2.20.